The average Bonchev–Trinajstić information content (AvgIpc) is 3.01. The van der Waals surface area contributed by atoms with Gasteiger partial charge in [0.25, 0.3) is 0 Å². The van der Waals surface area contributed by atoms with Gasteiger partial charge < -0.3 is 5.73 Å². The van der Waals surface area contributed by atoms with E-state index in [2.05, 4.69) is 18.2 Å². The van der Waals surface area contributed by atoms with Crippen LogP contribution in [0.15, 0.2) is 12.4 Å². The highest BCUT2D eigenvalue weighted by molar-refractivity contribution is 7.98. The molecule has 2 N–H and O–H groups in total. The van der Waals surface area contributed by atoms with Crippen molar-refractivity contribution in [1.29, 1.82) is 0 Å². The van der Waals surface area contributed by atoms with Crippen LogP contribution in [0.2, 0.25) is 0 Å². The number of aromatic nitrogens is 1. The molecule has 1 unspecified atom stereocenters. The fraction of sp³-hybridized carbons (Fsp3) is 0.545. The zero-order valence-electron chi connectivity index (χ0n) is 8.66. The Morgan fingerprint density at radius 2 is 2.21 bits per heavy atom. The number of pyridine rings is 1. The zero-order chi connectivity index (χ0) is 10.1. The predicted octanol–water partition coefficient (Wildman–Crippen LogP) is 2.97. The van der Waals surface area contributed by atoms with Crippen LogP contribution in [0.25, 0.3) is 0 Å². The van der Waals surface area contributed by atoms with Crippen LogP contribution in [0.5, 0.6) is 0 Å². The second-order valence-corrected chi connectivity index (χ2v) is 5.06. The van der Waals surface area contributed by atoms with Gasteiger partial charge in [0, 0.05) is 28.9 Å². The third kappa shape index (κ3) is 1.73. The molecule has 1 heterocycles. The normalized spacial score (nSPS) is 18.1. The van der Waals surface area contributed by atoms with Crippen LogP contribution < -0.4 is 5.73 Å². The Bertz CT molecular complexity index is 334. The number of rotatable bonds is 3. The molecule has 0 spiro atoms. The molecule has 1 aliphatic carbocycles. The lowest BCUT2D eigenvalue weighted by Gasteiger charge is -2.13. The van der Waals surface area contributed by atoms with Gasteiger partial charge in [0.05, 0.1) is 0 Å². The van der Waals surface area contributed by atoms with E-state index in [1.54, 1.807) is 0 Å². The summed E-state index contributed by atoms with van der Waals surface area (Å²) in [6, 6.07) is 0. The maximum absolute atomic E-state index is 6.15. The van der Waals surface area contributed by atoms with Crippen molar-refractivity contribution in [2.75, 3.05) is 12.0 Å². The Morgan fingerprint density at radius 1 is 1.50 bits per heavy atom. The van der Waals surface area contributed by atoms with Gasteiger partial charge in [-0.25, -0.2) is 0 Å². The van der Waals surface area contributed by atoms with Crippen molar-refractivity contribution in [3.05, 3.63) is 23.5 Å². The summed E-state index contributed by atoms with van der Waals surface area (Å²) in [5, 5.41) is 0.446. The van der Waals surface area contributed by atoms with E-state index in [0.717, 1.165) is 5.69 Å². The molecule has 0 amide bonds. The van der Waals surface area contributed by atoms with Crippen molar-refractivity contribution in [1.82, 2.24) is 4.98 Å². The van der Waals surface area contributed by atoms with Crippen LogP contribution in [-0.4, -0.2) is 11.2 Å². The van der Waals surface area contributed by atoms with Crippen molar-refractivity contribution in [2.24, 2.45) is 0 Å². The lowest BCUT2D eigenvalue weighted by atomic mass is 10.1. The van der Waals surface area contributed by atoms with Crippen molar-refractivity contribution in [3.8, 4) is 0 Å². The largest absolute Gasteiger partial charge is 0.398 e. The quantitative estimate of drug-likeness (QED) is 0.830. The SMILES string of the molecule is CSC(C)c1cncc(C2CC2)c1N. The van der Waals surface area contributed by atoms with Gasteiger partial charge in [-0.15, -0.1) is 0 Å². The van der Waals surface area contributed by atoms with Gasteiger partial charge in [0.2, 0.25) is 0 Å². The van der Waals surface area contributed by atoms with Gasteiger partial charge in [0.15, 0.2) is 0 Å². The summed E-state index contributed by atoms with van der Waals surface area (Å²) in [6.07, 6.45) is 8.51. The fourth-order valence-corrected chi connectivity index (χ4v) is 2.12. The van der Waals surface area contributed by atoms with Crippen LogP contribution in [0.4, 0.5) is 5.69 Å². The summed E-state index contributed by atoms with van der Waals surface area (Å²) in [5.74, 6) is 0.691. The molecule has 14 heavy (non-hydrogen) atoms. The number of hydrogen-bond acceptors (Lipinski definition) is 3. The molecule has 0 saturated heterocycles. The first kappa shape index (κ1) is 9.84. The minimum Gasteiger partial charge on any atom is -0.398 e. The molecule has 0 aromatic carbocycles. The molecule has 1 atom stereocenters. The topological polar surface area (TPSA) is 38.9 Å². The number of nitrogens with two attached hydrogens (primary N) is 1. The van der Waals surface area contributed by atoms with Crippen molar-refractivity contribution >= 4 is 17.4 Å². The predicted molar refractivity (Wildman–Crippen MR) is 62.6 cm³/mol. The molecular formula is C11H16N2S. The molecule has 2 nitrogen and oxygen atoms in total. The average molecular weight is 208 g/mol. The highest BCUT2D eigenvalue weighted by atomic mass is 32.2. The second kappa shape index (κ2) is 3.81. The van der Waals surface area contributed by atoms with Gasteiger partial charge >= 0.3 is 0 Å². The summed E-state index contributed by atoms with van der Waals surface area (Å²) >= 11 is 1.81. The van der Waals surface area contributed by atoms with E-state index in [1.165, 1.54) is 24.0 Å². The second-order valence-electron chi connectivity index (χ2n) is 3.88. The molecule has 1 fully saturated rings. The molecule has 76 valence electrons. The number of nitrogens with zero attached hydrogens (tertiary/aromatic N) is 1. The van der Waals surface area contributed by atoms with Crippen LogP contribution in [-0.2, 0) is 0 Å². The molecule has 0 bridgehead atoms. The van der Waals surface area contributed by atoms with E-state index in [-0.39, 0.29) is 0 Å². The monoisotopic (exact) mass is 208 g/mol. The molecule has 3 heteroatoms. The highest BCUT2D eigenvalue weighted by Crippen LogP contribution is 2.44. The highest BCUT2D eigenvalue weighted by Gasteiger charge is 2.27. The number of anilines is 1. The van der Waals surface area contributed by atoms with Crippen LogP contribution in [0, 0.1) is 0 Å². The number of hydrogen-bond donors (Lipinski definition) is 1. The maximum Gasteiger partial charge on any atom is 0.0424 e. The smallest absolute Gasteiger partial charge is 0.0424 e. The summed E-state index contributed by atoms with van der Waals surface area (Å²) in [7, 11) is 0. The van der Waals surface area contributed by atoms with Gasteiger partial charge in [-0.05, 0) is 37.5 Å². The fourth-order valence-electron chi connectivity index (χ4n) is 1.67. The Balaban J connectivity index is 2.35. The maximum atomic E-state index is 6.15. The van der Waals surface area contributed by atoms with E-state index < -0.39 is 0 Å². The zero-order valence-corrected chi connectivity index (χ0v) is 9.47. The van der Waals surface area contributed by atoms with Crippen molar-refractivity contribution < 1.29 is 0 Å². The van der Waals surface area contributed by atoms with Gasteiger partial charge in [-0.2, -0.15) is 11.8 Å². The summed E-state index contributed by atoms with van der Waals surface area (Å²) in [4.78, 5) is 4.28. The van der Waals surface area contributed by atoms with E-state index >= 15 is 0 Å². The number of thioether (sulfide) groups is 1. The Hall–Kier alpha value is -0.700. The van der Waals surface area contributed by atoms with Crippen LogP contribution in [0.1, 0.15) is 42.1 Å². The molecule has 1 aromatic rings. The van der Waals surface area contributed by atoms with Gasteiger partial charge in [0.1, 0.15) is 0 Å². The molecule has 0 radical (unpaired) electrons. The summed E-state index contributed by atoms with van der Waals surface area (Å²) in [6.45, 7) is 2.18. The van der Waals surface area contributed by atoms with E-state index in [0.29, 0.717) is 11.2 Å². The number of nitrogen functional groups attached to an aromatic ring is 1. The van der Waals surface area contributed by atoms with Crippen molar-refractivity contribution in [2.45, 2.75) is 30.9 Å². The minimum atomic E-state index is 0.446. The van der Waals surface area contributed by atoms with E-state index in [4.69, 9.17) is 5.73 Å². The molecule has 1 aliphatic rings. The Morgan fingerprint density at radius 3 is 2.79 bits per heavy atom. The van der Waals surface area contributed by atoms with Crippen LogP contribution >= 0.6 is 11.8 Å². The first-order chi connectivity index (χ1) is 6.74. The van der Waals surface area contributed by atoms with E-state index in [1.807, 2.05) is 24.2 Å². The lowest BCUT2D eigenvalue weighted by Crippen LogP contribution is -2.01. The van der Waals surface area contributed by atoms with E-state index in [9.17, 15) is 0 Å². The standard InChI is InChI=1S/C11H16N2S/c1-7(14-2)9-5-13-6-10(11(9)12)8-3-4-8/h5-8H,3-4H2,1-2H3,(H2,12,13). The molecule has 2 rings (SSSR count). The molecule has 1 aromatic heterocycles. The molecule has 0 aliphatic heterocycles. The van der Waals surface area contributed by atoms with Crippen LogP contribution in [0.3, 0.4) is 0 Å². The first-order valence-electron chi connectivity index (χ1n) is 5.00. The molecular weight excluding hydrogens is 192 g/mol. The minimum absolute atomic E-state index is 0.446. The lowest BCUT2D eigenvalue weighted by molar-refractivity contribution is 1.03. The summed E-state index contributed by atoms with van der Waals surface area (Å²) < 4.78 is 0. The third-order valence-electron chi connectivity index (χ3n) is 2.86. The summed E-state index contributed by atoms with van der Waals surface area (Å²) in [5.41, 5.74) is 9.59. The third-order valence-corrected chi connectivity index (χ3v) is 3.82. The Labute approximate surface area is 89.3 Å². The molecule has 1 saturated carbocycles. The Kier molecular flexibility index (Phi) is 2.68. The van der Waals surface area contributed by atoms with Gasteiger partial charge in [-0.3, -0.25) is 4.98 Å². The van der Waals surface area contributed by atoms with Crippen molar-refractivity contribution in [3.63, 3.8) is 0 Å². The first-order valence-corrected chi connectivity index (χ1v) is 6.29. The van der Waals surface area contributed by atoms with Gasteiger partial charge in [-0.1, -0.05) is 0 Å².